The van der Waals surface area contributed by atoms with Crippen LogP contribution in [0.4, 0.5) is 4.39 Å². The first-order valence-corrected chi connectivity index (χ1v) is 8.37. The van der Waals surface area contributed by atoms with E-state index in [0.29, 0.717) is 6.61 Å². The van der Waals surface area contributed by atoms with Crippen LogP contribution in [0.1, 0.15) is 79.6 Å². The molecule has 0 aromatic rings. The van der Waals surface area contributed by atoms with Crippen molar-refractivity contribution in [2.24, 2.45) is 0 Å². The van der Waals surface area contributed by atoms with Crippen LogP contribution in [0.2, 0.25) is 11.6 Å². The Morgan fingerprint density at radius 2 is 1.55 bits per heavy atom. The Kier molecular flexibility index (Phi) is 10.6. The number of hydrogen-bond acceptors (Lipinski definition) is 1. The molecule has 0 saturated heterocycles. The molecule has 20 heavy (non-hydrogen) atoms. The minimum Gasteiger partial charge on any atom is -0.373 e. The highest BCUT2D eigenvalue weighted by molar-refractivity contribution is 6.39. The summed E-state index contributed by atoms with van der Waals surface area (Å²) in [6.45, 7) is 10.6. The topological polar surface area (TPSA) is 9.23 Å². The van der Waals surface area contributed by atoms with Crippen LogP contribution in [-0.2, 0) is 4.74 Å². The highest BCUT2D eigenvalue weighted by atomic mass is 19.1. The zero-order chi connectivity index (χ0) is 15.5. The molecule has 0 spiro atoms. The third-order valence-corrected chi connectivity index (χ3v) is 3.82. The van der Waals surface area contributed by atoms with E-state index in [-0.39, 0.29) is 5.31 Å². The van der Waals surface area contributed by atoms with Crippen LogP contribution in [0, 0.1) is 0 Å². The summed E-state index contributed by atoms with van der Waals surface area (Å²) < 4.78 is 18.2. The van der Waals surface area contributed by atoms with Crippen molar-refractivity contribution in [2.75, 3.05) is 13.3 Å². The average molecular weight is 285 g/mol. The quantitative estimate of drug-likeness (QED) is 0.306. The molecule has 0 atom stereocenters. The van der Waals surface area contributed by atoms with Crippen molar-refractivity contribution >= 4 is 7.28 Å². The van der Waals surface area contributed by atoms with Gasteiger partial charge in [-0.3, -0.25) is 0 Å². The van der Waals surface area contributed by atoms with Crippen molar-refractivity contribution in [3.05, 3.63) is 0 Å². The van der Waals surface area contributed by atoms with E-state index in [9.17, 15) is 4.39 Å². The molecular weight excluding hydrogens is 250 g/mol. The predicted molar refractivity (Wildman–Crippen MR) is 88.6 cm³/mol. The highest BCUT2D eigenvalue weighted by Crippen LogP contribution is 2.30. The zero-order valence-electron chi connectivity index (χ0n) is 14.4. The van der Waals surface area contributed by atoms with Crippen molar-refractivity contribution in [1.82, 2.24) is 0 Å². The number of alkyl halides is 1. The van der Waals surface area contributed by atoms with E-state index >= 15 is 0 Å². The minimum absolute atomic E-state index is 0.190. The number of halogens is 1. The fraction of sp³-hybridized carbons (Fsp3) is 1.00. The smallest absolute Gasteiger partial charge is 0.118 e. The van der Waals surface area contributed by atoms with Gasteiger partial charge in [0.1, 0.15) is 14.0 Å². The summed E-state index contributed by atoms with van der Waals surface area (Å²) >= 11 is 0. The van der Waals surface area contributed by atoms with Crippen molar-refractivity contribution in [1.29, 1.82) is 0 Å². The molecule has 0 rings (SSSR count). The third-order valence-electron chi connectivity index (χ3n) is 3.82. The summed E-state index contributed by atoms with van der Waals surface area (Å²) in [5.41, 5.74) is -0.630. The lowest BCUT2D eigenvalue weighted by Gasteiger charge is -2.27. The van der Waals surface area contributed by atoms with Crippen LogP contribution in [0.5, 0.6) is 0 Å². The lowest BCUT2D eigenvalue weighted by molar-refractivity contribution is -0.0366. The molecule has 119 valence electrons. The molecule has 0 aliphatic heterocycles. The number of ether oxygens (including phenoxy) is 1. The Labute approximate surface area is 127 Å². The zero-order valence-corrected chi connectivity index (χ0v) is 14.4. The highest BCUT2D eigenvalue weighted by Gasteiger charge is 2.22. The largest absolute Gasteiger partial charge is 0.373 e. The van der Waals surface area contributed by atoms with Crippen molar-refractivity contribution in [3.63, 3.8) is 0 Å². The van der Waals surface area contributed by atoms with Gasteiger partial charge in [-0.1, -0.05) is 70.9 Å². The molecule has 0 saturated carbocycles. The molecule has 0 aromatic heterocycles. The second kappa shape index (κ2) is 10.6. The average Bonchev–Trinajstić information content (AvgIpc) is 2.37. The lowest BCUT2D eigenvalue weighted by atomic mass is 9.50. The first-order chi connectivity index (χ1) is 9.33. The van der Waals surface area contributed by atoms with E-state index in [1.54, 1.807) is 13.8 Å². The number of rotatable bonds is 13. The predicted octanol–water partition coefficient (Wildman–Crippen LogP) is 5.82. The maximum absolute atomic E-state index is 12.6. The summed E-state index contributed by atoms with van der Waals surface area (Å²) in [5.74, 6) is 0. The molecular formula is C17H35BFO. The van der Waals surface area contributed by atoms with Crippen LogP contribution in [0.25, 0.3) is 0 Å². The SMILES string of the molecule is CCCCCCCC[B]C(C)(C)CCOC(C)(C)CF. The Balaban J connectivity index is 3.59. The normalized spacial score (nSPS) is 12.7. The van der Waals surface area contributed by atoms with Crippen LogP contribution in [-0.4, -0.2) is 26.2 Å². The molecule has 3 heteroatoms. The molecule has 0 unspecified atom stereocenters. The van der Waals surface area contributed by atoms with E-state index in [2.05, 4.69) is 28.1 Å². The van der Waals surface area contributed by atoms with Crippen molar-refractivity contribution in [2.45, 2.75) is 96.8 Å². The van der Waals surface area contributed by atoms with Gasteiger partial charge in [0.25, 0.3) is 0 Å². The molecule has 0 aliphatic rings. The van der Waals surface area contributed by atoms with Gasteiger partial charge in [-0.25, -0.2) is 4.39 Å². The molecule has 0 aliphatic carbocycles. The molecule has 0 fully saturated rings. The Bertz CT molecular complexity index is 229. The molecule has 0 heterocycles. The van der Waals surface area contributed by atoms with Crippen LogP contribution in [0.15, 0.2) is 0 Å². The Hall–Kier alpha value is -0.0451. The van der Waals surface area contributed by atoms with E-state index in [1.165, 1.54) is 44.8 Å². The Morgan fingerprint density at radius 1 is 0.950 bits per heavy atom. The lowest BCUT2D eigenvalue weighted by Crippen LogP contribution is -2.28. The standard InChI is InChI=1S/C17H35BFO/c1-6-7-8-9-10-11-13-18-16(2,3)12-14-20-17(4,5)15-19/h6-15H2,1-5H3. The second-order valence-corrected chi connectivity index (χ2v) is 7.24. The van der Waals surface area contributed by atoms with Gasteiger partial charge in [0, 0.05) is 6.61 Å². The van der Waals surface area contributed by atoms with Gasteiger partial charge in [-0.15, -0.1) is 0 Å². The molecule has 1 nitrogen and oxygen atoms in total. The maximum atomic E-state index is 12.6. The molecule has 0 amide bonds. The number of unbranched alkanes of at least 4 members (excludes halogenated alkanes) is 5. The molecule has 0 bridgehead atoms. The van der Waals surface area contributed by atoms with Gasteiger partial charge in [0.15, 0.2) is 0 Å². The van der Waals surface area contributed by atoms with Gasteiger partial charge >= 0.3 is 0 Å². The summed E-state index contributed by atoms with van der Waals surface area (Å²) in [4.78, 5) is 0. The van der Waals surface area contributed by atoms with Crippen molar-refractivity contribution in [3.8, 4) is 0 Å². The first-order valence-electron chi connectivity index (χ1n) is 8.37. The van der Waals surface area contributed by atoms with Gasteiger partial charge in [0.05, 0.1) is 5.60 Å². The van der Waals surface area contributed by atoms with Gasteiger partial charge in [0.2, 0.25) is 0 Å². The Morgan fingerprint density at radius 3 is 2.15 bits per heavy atom. The van der Waals surface area contributed by atoms with Crippen molar-refractivity contribution < 1.29 is 9.13 Å². The number of hydrogen-bond donors (Lipinski definition) is 0. The van der Waals surface area contributed by atoms with Crippen LogP contribution >= 0.6 is 0 Å². The van der Waals surface area contributed by atoms with Crippen LogP contribution in [0.3, 0.4) is 0 Å². The molecule has 0 aromatic carbocycles. The van der Waals surface area contributed by atoms with E-state index in [4.69, 9.17) is 4.74 Å². The molecule has 1 radical (unpaired) electrons. The fourth-order valence-electron chi connectivity index (χ4n) is 2.15. The van der Waals surface area contributed by atoms with Gasteiger partial charge in [-0.05, 0) is 20.3 Å². The minimum atomic E-state index is -0.630. The summed E-state index contributed by atoms with van der Waals surface area (Å²) in [6.07, 6.45) is 10.2. The fourth-order valence-corrected chi connectivity index (χ4v) is 2.15. The second-order valence-electron chi connectivity index (χ2n) is 7.24. The monoisotopic (exact) mass is 285 g/mol. The first kappa shape index (κ1) is 20.0. The van der Waals surface area contributed by atoms with Gasteiger partial charge in [-0.2, -0.15) is 0 Å². The van der Waals surface area contributed by atoms with Crippen LogP contribution < -0.4 is 0 Å². The van der Waals surface area contributed by atoms with E-state index < -0.39 is 12.3 Å². The summed E-state index contributed by atoms with van der Waals surface area (Å²) in [6, 6.07) is 0. The maximum Gasteiger partial charge on any atom is 0.118 e. The summed E-state index contributed by atoms with van der Waals surface area (Å²) in [7, 11) is 2.42. The van der Waals surface area contributed by atoms with E-state index in [1.807, 2.05) is 0 Å². The summed E-state index contributed by atoms with van der Waals surface area (Å²) in [5, 5.41) is 0.190. The van der Waals surface area contributed by atoms with Gasteiger partial charge < -0.3 is 4.74 Å². The van der Waals surface area contributed by atoms with E-state index in [0.717, 1.165) is 6.42 Å². The molecule has 0 N–H and O–H groups in total. The third kappa shape index (κ3) is 11.8.